The average molecular weight is 300 g/mol. The number of allylic oxidation sites excluding steroid dienone is 2. The average Bonchev–Trinajstić information content (AvgIpc) is 2.51. The SMILES string of the molecule is CCC1=C(c2cc(F)cc(F)c2)C(C=O)c2ccccc2O1. The van der Waals surface area contributed by atoms with Crippen LogP contribution in [-0.4, -0.2) is 6.29 Å². The van der Waals surface area contributed by atoms with Gasteiger partial charge in [0, 0.05) is 23.6 Å². The number of halogens is 2. The van der Waals surface area contributed by atoms with E-state index in [1.54, 1.807) is 18.2 Å². The topological polar surface area (TPSA) is 26.3 Å². The van der Waals surface area contributed by atoms with E-state index in [9.17, 15) is 13.6 Å². The van der Waals surface area contributed by atoms with Crippen LogP contribution in [0.5, 0.6) is 5.75 Å². The van der Waals surface area contributed by atoms with Crippen molar-refractivity contribution in [3.8, 4) is 5.75 Å². The Hall–Kier alpha value is -2.49. The molecule has 0 aromatic heterocycles. The summed E-state index contributed by atoms with van der Waals surface area (Å²) in [4.78, 5) is 11.7. The second kappa shape index (κ2) is 5.72. The smallest absolute Gasteiger partial charge is 0.132 e. The van der Waals surface area contributed by atoms with Crippen molar-refractivity contribution >= 4 is 11.9 Å². The summed E-state index contributed by atoms with van der Waals surface area (Å²) in [5, 5.41) is 0. The standard InChI is InChI=1S/C18H14F2O2/c1-2-16-18(11-7-12(19)9-13(20)8-11)15(10-21)14-5-3-4-6-17(14)22-16/h3-10,15H,2H2,1H3. The molecule has 0 N–H and O–H groups in total. The second-order valence-corrected chi connectivity index (χ2v) is 5.10. The molecule has 2 nitrogen and oxygen atoms in total. The zero-order valence-corrected chi connectivity index (χ0v) is 12.0. The molecule has 1 atom stereocenters. The molecule has 2 aromatic carbocycles. The van der Waals surface area contributed by atoms with E-state index in [0.717, 1.165) is 12.4 Å². The monoisotopic (exact) mass is 300 g/mol. The first-order valence-electron chi connectivity index (χ1n) is 7.05. The lowest BCUT2D eigenvalue weighted by molar-refractivity contribution is -0.108. The summed E-state index contributed by atoms with van der Waals surface area (Å²) in [6, 6.07) is 10.5. The van der Waals surface area contributed by atoms with Gasteiger partial charge in [0.2, 0.25) is 0 Å². The molecule has 0 aliphatic carbocycles. The zero-order valence-electron chi connectivity index (χ0n) is 12.0. The Morgan fingerprint density at radius 1 is 1.14 bits per heavy atom. The first-order valence-corrected chi connectivity index (χ1v) is 7.05. The Bertz CT molecular complexity index is 745. The predicted octanol–water partition coefficient (Wildman–Crippen LogP) is 4.46. The van der Waals surface area contributed by atoms with Crippen LogP contribution in [0.25, 0.3) is 5.57 Å². The van der Waals surface area contributed by atoms with E-state index in [2.05, 4.69) is 0 Å². The van der Waals surface area contributed by atoms with Crippen LogP contribution in [0, 0.1) is 11.6 Å². The Labute approximate surface area is 127 Å². The van der Waals surface area contributed by atoms with E-state index in [4.69, 9.17) is 4.74 Å². The van der Waals surface area contributed by atoms with Crippen LogP contribution in [0.1, 0.15) is 30.4 Å². The van der Waals surface area contributed by atoms with Crippen molar-refractivity contribution in [3.63, 3.8) is 0 Å². The molecule has 1 unspecified atom stereocenters. The number of carbonyl (C=O) groups excluding carboxylic acids is 1. The van der Waals surface area contributed by atoms with Crippen molar-refractivity contribution in [1.82, 2.24) is 0 Å². The van der Waals surface area contributed by atoms with Crippen LogP contribution < -0.4 is 4.74 Å². The van der Waals surface area contributed by atoms with Crippen LogP contribution in [0.3, 0.4) is 0 Å². The fourth-order valence-electron chi connectivity index (χ4n) is 2.80. The third-order valence-corrected chi connectivity index (χ3v) is 3.73. The normalized spacial score (nSPS) is 17.0. The van der Waals surface area contributed by atoms with Gasteiger partial charge in [-0.3, -0.25) is 0 Å². The van der Waals surface area contributed by atoms with E-state index >= 15 is 0 Å². The number of carbonyl (C=O) groups is 1. The molecule has 1 aliphatic rings. The minimum absolute atomic E-state index is 0.334. The predicted molar refractivity (Wildman–Crippen MR) is 79.4 cm³/mol. The highest BCUT2D eigenvalue weighted by Crippen LogP contribution is 2.43. The molecule has 0 saturated heterocycles. The molecule has 112 valence electrons. The first kappa shape index (κ1) is 14.4. The van der Waals surface area contributed by atoms with E-state index in [1.807, 2.05) is 13.0 Å². The van der Waals surface area contributed by atoms with Gasteiger partial charge in [-0.25, -0.2) is 8.78 Å². The van der Waals surface area contributed by atoms with E-state index < -0.39 is 17.6 Å². The van der Waals surface area contributed by atoms with Gasteiger partial charge in [0.15, 0.2) is 0 Å². The molecular formula is C18H14F2O2. The summed E-state index contributed by atoms with van der Waals surface area (Å²) in [5.41, 5.74) is 1.56. The van der Waals surface area contributed by atoms with E-state index in [0.29, 0.717) is 34.6 Å². The van der Waals surface area contributed by atoms with Crippen molar-refractivity contribution in [2.24, 2.45) is 0 Å². The largest absolute Gasteiger partial charge is 0.461 e. The van der Waals surface area contributed by atoms with Gasteiger partial charge in [0.05, 0.1) is 5.92 Å². The summed E-state index contributed by atoms with van der Waals surface area (Å²) >= 11 is 0. The molecule has 2 aromatic rings. The van der Waals surface area contributed by atoms with Crippen molar-refractivity contribution < 1.29 is 18.3 Å². The number of fused-ring (bicyclic) bond motifs is 1. The fourth-order valence-corrected chi connectivity index (χ4v) is 2.80. The number of benzene rings is 2. The van der Waals surface area contributed by atoms with Gasteiger partial charge in [-0.1, -0.05) is 25.1 Å². The summed E-state index contributed by atoms with van der Waals surface area (Å²) in [6.45, 7) is 1.88. The molecule has 0 fully saturated rings. The third-order valence-electron chi connectivity index (χ3n) is 3.73. The van der Waals surface area contributed by atoms with Gasteiger partial charge in [-0.2, -0.15) is 0 Å². The van der Waals surface area contributed by atoms with Crippen molar-refractivity contribution in [2.45, 2.75) is 19.3 Å². The van der Waals surface area contributed by atoms with Crippen LogP contribution >= 0.6 is 0 Å². The maximum atomic E-state index is 13.5. The molecule has 0 amide bonds. The molecule has 0 bridgehead atoms. The minimum Gasteiger partial charge on any atom is -0.461 e. The van der Waals surface area contributed by atoms with Gasteiger partial charge in [0.25, 0.3) is 0 Å². The Kier molecular flexibility index (Phi) is 3.75. The lowest BCUT2D eigenvalue weighted by Gasteiger charge is -2.28. The van der Waals surface area contributed by atoms with Gasteiger partial charge in [-0.05, 0) is 23.8 Å². The Morgan fingerprint density at radius 2 is 1.82 bits per heavy atom. The fraction of sp³-hybridized carbons (Fsp3) is 0.167. The van der Waals surface area contributed by atoms with Crippen molar-refractivity contribution in [3.05, 3.63) is 71.0 Å². The third kappa shape index (κ3) is 2.41. The number of aldehydes is 1. The molecule has 4 heteroatoms. The maximum absolute atomic E-state index is 13.5. The highest BCUT2D eigenvalue weighted by molar-refractivity contribution is 5.89. The van der Waals surface area contributed by atoms with Crippen LogP contribution in [-0.2, 0) is 4.79 Å². The first-order chi connectivity index (χ1) is 10.6. The quantitative estimate of drug-likeness (QED) is 0.782. The molecule has 22 heavy (non-hydrogen) atoms. The van der Waals surface area contributed by atoms with Crippen LogP contribution in [0.15, 0.2) is 48.2 Å². The molecule has 0 saturated carbocycles. The zero-order chi connectivity index (χ0) is 15.7. The minimum atomic E-state index is -0.679. The Morgan fingerprint density at radius 3 is 2.45 bits per heavy atom. The van der Waals surface area contributed by atoms with Gasteiger partial charge in [-0.15, -0.1) is 0 Å². The summed E-state index contributed by atoms with van der Waals surface area (Å²) in [7, 11) is 0. The summed E-state index contributed by atoms with van der Waals surface area (Å²) in [5.74, 6) is -0.790. The lowest BCUT2D eigenvalue weighted by Crippen LogP contribution is -2.16. The molecule has 3 rings (SSSR count). The van der Waals surface area contributed by atoms with Gasteiger partial charge >= 0.3 is 0 Å². The number of hydrogen-bond acceptors (Lipinski definition) is 2. The second-order valence-electron chi connectivity index (χ2n) is 5.10. The number of para-hydroxylation sites is 1. The molecule has 1 heterocycles. The number of ether oxygens (including phenoxy) is 1. The van der Waals surface area contributed by atoms with E-state index in [1.165, 1.54) is 12.1 Å². The highest BCUT2D eigenvalue weighted by atomic mass is 19.1. The molecular weight excluding hydrogens is 286 g/mol. The number of rotatable bonds is 3. The molecule has 1 aliphatic heterocycles. The summed E-state index contributed by atoms with van der Waals surface area (Å²) < 4.78 is 32.9. The van der Waals surface area contributed by atoms with Gasteiger partial charge in [0.1, 0.15) is 29.4 Å². The van der Waals surface area contributed by atoms with Gasteiger partial charge < -0.3 is 9.53 Å². The lowest BCUT2D eigenvalue weighted by atomic mass is 9.84. The van der Waals surface area contributed by atoms with E-state index in [-0.39, 0.29) is 0 Å². The Balaban J connectivity index is 2.22. The number of hydrogen-bond donors (Lipinski definition) is 0. The molecule has 0 radical (unpaired) electrons. The summed E-state index contributed by atoms with van der Waals surface area (Å²) in [6.07, 6.45) is 1.31. The maximum Gasteiger partial charge on any atom is 0.132 e. The van der Waals surface area contributed by atoms with Crippen molar-refractivity contribution in [1.29, 1.82) is 0 Å². The molecule has 0 spiro atoms. The van der Waals surface area contributed by atoms with Crippen LogP contribution in [0.4, 0.5) is 8.78 Å². The van der Waals surface area contributed by atoms with Crippen molar-refractivity contribution in [2.75, 3.05) is 0 Å². The highest BCUT2D eigenvalue weighted by Gasteiger charge is 2.30. The van der Waals surface area contributed by atoms with Crippen LogP contribution in [0.2, 0.25) is 0 Å².